The third-order valence-corrected chi connectivity index (χ3v) is 6.40. The number of hydrogen-bond acceptors (Lipinski definition) is 5. The molecule has 1 fully saturated rings. The van der Waals surface area contributed by atoms with Gasteiger partial charge < -0.3 is 25.7 Å². The molecule has 1 aliphatic rings. The van der Waals surface area contributed by atoms with Gasteiger partial charge in [0, 0.05) is 28.8 Å². The highest BCUT2D eigenvalue weighted by atomic mass is 19.4. The minimum Gasteiger partial charge on any atom is -0.406 e. The molecule has 0 atom stereocenters. The molecule has 37 heavy (non-hydrogen) atoms. The van der Waals surface area contributed by atoms with Gasteiger partial charge in [-0.15, -0.1) is 13.2 Å². The van der Waals surface area contributed by atoms with Crippen LogP contribution in [0.3, 0.4) is 0 Å². The van der Waals surface area contributed by atoms with Crippen LogP contribution in [0.5, 0.6) is 5.75 Å². The van der Waals surface area contributed by atoms with E-state index in [-0.39, 0.29) is 22.6 Å². The third kappa shape index (κ3) is 6.83. The van der Waals surface area contributed by atoms with Crippen molar-refractivity contribution in [3.8, 4) is 5.75 Å². The lowest BCUT2D eigenvalue weighted by Crippen LogP contribution is -2.29. The Morgan fingerprint density at radius 2 is 1.86 bits per heavy atom. The van der Waals surface area contributed by atoms with Gasteiger partial charge in [-0.1, -0.05) is 30.8 Å². The van der Waals surface area contributed by atoms with Crippen molar-refractivity contribution in [1.82, 2.24) is 9.88 Å². The first-order valence-electron chi connectivity index (χ1n) is 11.9. The fourth-order valence-corrected chi connectivity index (χ4v) is 4.47. The number of nitrogens with one attached hydrogen (secondary N) is 2. The summed E-state index contributed by atoms with van der Waals surface area (Å²) in [4.78, 5) is 17.7. The van der Waals surface area contributed by atoms with Gasteiger partial charge in [0.1, 0.15) is 5.75 Å². The number of likely N-dealkylation sites (tertiary alicyclic amines) is 1. The summed E-state index contributed by atoms with van der Waals surface area (Å²) >= 11 is 0. The number of hydrogen-bond donors (Lipinski definition) is 3. The second-order valence-electron chi connectivity index (χ2n) is 9.12. The lowest BCUT2D eigenvalue weighted by atomic mass is 9.89. The first kappa shape index (κ1) is 26.1. The maximum Gasteiger partial charge on any atom is 0.573 e. The number of pyridine rings is 1. The van der Waals surface area contributed by atoms with Crippen LogP contribution in [0.4, 0.5) is 18.9 Å². The Kier molecular flexibility index (Phi) is 7.73. The minimum atomic E-state index is -4.81. The Morgan fingerprint density at radius 3 is 2.54 bits per heavy atom. The second kappa shape index (κ2) is 11.0. The molecule has 1 aliphatic heterocycles. The monoisotopic (exact) mass is 510 g/mol. The number of aromatic amines is 1. The van der Waals surface area contributed by atoms with Gasteiger partial charge in [-0.2, -0.15) is 0 Å². The molecule has 4 N–H and O–H groups in total. The molecular formula is C28H29F3N4O2. The van der Waals surface area contributed by atoms with E-state index in [1.54, 1.807) is 12.1 Å². The molecular weight excluding hydrogens is 481 g/mol. The number of nitrogens with two attached hydrogens (primary N) is 1. The summed E-state index contributed by atoms with van der Waals surface area (Å²) in [7, 11) is 2.14. The van der Waals surface area contributed by atoms with Crippen LogP contribution >= 0.6 is 0 Å². The quantitative estimate of drug-likeness (QED) is 0.384. The molecule has 0 bridgehead atoms. The zero-order valence-electron chi connectivity index (χ0n) is 20.4. The molecule has 6 nitrogen and oxygen atoms in total. The SMILES string of the molecule is C=C(Nc1ccc(C2CCN(C)CC2)cc1)c1c(/C=C(\N)c2cccc(OC(F)(F)F)c2)cc[nH]c1=O. The number of piperidine rings is 1. The van der Waals surface area contributed by atoms with E-state index < -0.39 is 6.36 Å². The first-order chi connectivity index (χ1) is 17.6. The van der Waals surface area contributed by atoms with Gasteiger partial charge in [0.05, 0.1) is 5.56 Å². The Bertz CT molecular complexity index is 1340. The van der Waals surface area contributed by atoms with Crippen molar-refractivity contribution in [2.75, 3.05) is 25.5 Å². The number of benzene rings is 2. The molecule has 2 heterocycles. The molecule has 0 amide bonds. The molecule has 0 saturated carbocycles. The molecule has 2 aromatic carbocycles. The Morgan fingerprint density at radius 1 is 1.16 bits per heavy atom. The molecule has 0 aliphatic carbocycles. The van der Waals surface area contributed by atoms with Crippen molar-refractivity contribution in [3.05, 3.63) is 100.0 Å². The summed E-state index contributed by atoms with van der Waals surface area (Å²) in [6.45, 7) is 6.21. The van der Waals surface area contributed by atoms with Gasteiger partial charge >= 0.3 is 6.36 Å². The second-order valence-corrected chi connectivity index (χ2v) is 9.12. The highest BCUT2D eigenvalue weighted by molar-refractivity contribution is 5.86. The number of nitrogens with zero attached hydrogens (tertiary/aromatic N) is 1. The van der Waals surface area contributed by atoms with Gasteiger partial charge in [-0.25, -0.2) is 0 Å². The topological polar surface area (TPSA) is 83.4 Å². The van der Waals surface area contributed by atoms with Crippen molar-refractivity contribution >= 4 is 23.2 Å². The molecule has 3 aromatic rings. The largest absolute Gasteiger partial charge is 0.573 e. The summed E-state index contributed by atoms with van der Waals surface area (Å²) < 4.78 is 41.8. The summed E-state index contributed by atoms with van der Waals surface area (Å²) in [5.41, 5.74) is 9.45. The van der Waals surface area contributed by atoms with E-state index in [1.807, 2.05) is 12.1 Å². The van der Waals surface area contributed by atoms with Crippen LogP contribution in [0.25, 0.3) is 17.5 Å². The lowest BCUT2D eigenvalue weighted by molar-refractivity contribution is -0.274. The van der Waals surface area contributed by atoms with E-state index in [9.17, 15) is 18.0 Å². The standard InChI is InChI=1S/C28H29F3N4O2/c1-18(34-23-8-6-19(7-9-23)20-11-14-35(2)15-12-20)26-22(10-13-33-27(26)36)17-25(32)21-4-3-5-24(16-21)37-28(29,30)31/h3-10,13,16-17,20,34H,1,11-12,14-15,32H2,2H3,(H,33,36)/b25-17-. The van der Waals surface area contributed by atoms with Gasteiger partial charge in [0.2, 0.25) is 0 Å². The number of halogens is 3. The molecule has 1 saturated heterocycles. The van der Waals surface area contributed by atoms with E-state index in [0.717, 1.165) is 31.6 Å². The van der Waals surface area contributed by atoms with Gasteiger partial charge in [0.15, 0.2) is 0 Å². The summed E-state index contributed by atoms with van der Waals surface area (Å²) in [5, 5.41) is 3.19. The van der Waals surface area contributed by atoms with Crippen LogP contribution in [0.15, 0.2) is 72.2 Å². The zero-order valence-corrected chi connectivity index (χ0v) is 20.4. The van der Waals surface area contributed by atoms with E-state index in [0.29, 0.717) is 22.7 Å². The highest BCUT2D eigenvalue weighted by Gasteiger charge is 2.31. The number of H-pyrrole nitrogens is 1. The average molecular weight is 511 g/mol. The average Bonchev–Trinajstić information content (AvgIpc) is 2.84. The predicted octanol–water partition coefficient (Wildman–Crippen LogP) is 5.62. The van der Waals surface area contributed by atoms with Crippen LogP contribution in [0.2, 0.25) is 0 Å². The van der Waals surface area contributed by atoms with E-state index in [1.165, 1.54) is 36.0 Å². The molecule has 0 unspecified atom stereocenters. The van der Waals surface area contributed by atoms with Crippen LogP contribution in [-0.4, -0.2) is 36.4 Å². The van der Waals surface area contributed by atoms with Crippen LogP contribution < -0.4 is 21.3 Å². The van der Waals surface area contributed by atoms with Crippen molar-refractivity contribution in [2.45, 2.75) is 25.1 Å². The van der Waals surface area contributed by atoms with E-state index in [2.05, 4.69) is 45.7 Å². The molecule has 0 radical (unpaired) electrons. The molecule has 4 rings (SSSR count). The Hall–Kier alpha value is -3.98. The van der Waals surface area contributed by atoms with Crippen LogP contribution in [0, 0.1) is 0 Å². The smallest absolute Gasteiger partial charge is 0.406 e. The van der Waals surface area contributed by atoms with E-state index >= 15 is 0 Å². The van der Waals surface area contributed by atoms with Crippen molar-refractivity contribution < 1.29 is 17.9 Å². The maximum absolute atomic E-state index is 12.7. The zero-order chi connectivity index (χ0) is 26.6. The maximum atomic E-state index is 12.7. The van der Waals surface area contributed by atoms with Gasteiger partial charge in [-0.3, -0.25) is 4.79 Å². The lowest BCUT2D eigenvalue weighted by Gasteiger charge is -2.29. The Labute approximate surface area is 213 Å². The Balaban J connectivity index is 1.53. The van der Waals surface area contributed by atoms with Crippen molar-refractivity contribution in [2.24, 2.45) is 5.73 Å². The van der Waals surface area contributed by atoms with Crippen LogP contribution in [0.1, 0.15) is 41.0 Å². The number of anilines is 1. The molecule has 194 valence electrons. The molecule has 9 heteroatoms. The fourth-order valence-electron chi connectivity index (χ4n) is 4.47. The summed E-state index contributed by atoms with van der Waals surface area (Å²) in [6, 6.07) is 15.1. The van der Waals surface area contributed by atoms with Crippen molar-refractivity contribution in [1.29, 1.82) is 0 Å². The fraction of sp³-hybridized carbons (Fsp3) is 0.250. The number of rotatable bonds is 7. The summed E-state index contributed by atoms with van der Waals surface area (Å²) in [6.07, 6.45) is 0.423. The normalized spacial score (nSPS) is 15.4. The first-order valence-corrected chi connectivity index (χ1v) is 11.9. The highest BCUT2D eigenvalue weighted by Crippen LogP contribution is 2.29. The molecule has 1 aromatic heterocycles. The van der Waals surface area contributed by atoms with Gasteiger partial charge in [-0.05, 0) is 86.4 Å². The third-order valence-electron chi connectivity index (χ3n) is 6.40. The van der Waals surface area contributed by atoms with Crippen LogP contribution in [-0.2, 0) is 0 Å². The van der Waals surface area contributed by atoms with Gasteiger partial charge in [0.25, 0.3) is 5.56 Å². The molecule has 0 spiro atoms. The van der Waals surface area contributed by atoms with E-state index in [4.69, 9.17) is 5.73 Å². The predicted molar refractivity (Wildman–Crippen MR) is 141 cm³/mol. The van der Waals surface area contributed by atoms with Crippen molar-refractivity contribution in [3.63, 3.8) is 0 Å². The minimum absolute atomic E-state index is 0.162. The number of aromatic nitrogens is 1. The number of alkyl halides is 3. The number of ether oxygens (including phenoxy) is 1. The summed E-state index contributed by atoms with van der Waals surface area (Å²) in [5.74, 6) is 0.146.